The molecule has 1 aromatic rings. The molecule has 4 nitrogen and oxygen atoms in total. The minimum atomic E-state index is -0.464. The van der Waals surface area contributed by atoms with Crippen LogP contribution >= 0.6 is 34.9 Å². The zero-order chi connectivity index (χ0) is 13.6. The van der Waals surface area contributed by atoms with E-state index in [9.17, 15) is 5.26 Å². The van der Waals surface area contributed by atoms with Crippen molar-refractivity contribution in [1.29, 1.82) is 5.26 Å². The second kappa shape index (κ2) is 7.34. The van der Waals surface area contributed by atoms with Crippen molar-refractivity contribution < 1.29 is 0 Å². The van der Waals surface area contributed by atoms with Gasteiger partial charge in [0.2, 0.25) is 0 Å². The van der Waals surface area contributed by atoms with E-state index in [4.69, 9.17) is 0 Å². The highest BCUT2D eigenvalue weighted by Crippen LogP contribution is 2.32. The average molecular weight is 302 g/mol. The number of nitriles is 1. The largest absolute Gasteiger partial charge is 0.300 e. The fourth-order valence-electron chi connectivity index (χ4n) is 1.66. The van der Waals surface area contributed by atoms with Crippen molar-refractivity contribution >= 4 is 34.9 Å². The Morgan fingerprint density at radius 3 is 2.67 bits per heavy atom. The molecule has 0 spiro atoms. The molecule has 2 unspecified atom stereocenters. The second-order valence-electron chi connectivity index (χ2n) is 4.14. The van der Waals surface area contributed by atoms with E-state index < -0.39 is 5.54 Å². The van der Waals surface area contributed by atoms with Crippen LogP contribution in [0.25, 0.3) is 0 Å². The normalized spacial score (nSPS) is 15.9. The molecule has 2 atom stereocenters. The number of rotatable bonds is 7. The summed E-state index contributed by atoms with van der Waals surface area (Å²) in [5.41, 5.74) is -0.464. The third-order valence-corrected chi connectivity index (χ3v) is 5.46. The van der Waals surface area contributed by atoms with Crippen molar-refractivity contribution in [2.24, 2.45) is 0 Å². The van der Waals surface area contributed by atoms with Crippen LogP contribution in [0.4, 0.5) is 0 Å². The molecule has 18 heavy (non-hydrogen) atoms. The predicted octanol–water partition coefficient (Wildman–Crippen LogP) is 3.02. The molecule has 0 saturated heterocycles. The molecular weight excluding hydrogens is 284 g/mol. The van der Waals surface area contributed by atoms with Crippen molar-refractivity contribution in [3.63, 3.8) is 0 Å². The van der Waals surface area contributed by atoms with Crippen LogP contribution in [0, 0.1) is 11.3 Å². The van der Waals surface area contributed by atoms with Crippen molar-refractivity contribution in [1.82, 2.24) is 15.5 Å². The highest BCUT2D eigenvalue weighted by atomic mass is 32.2. The van der Waals surface area contributed by atoms with Crippen LogP contribution in [-0.4, -0.2) is 33.8 Å². The van der Waals surface area contributed by atoms with Gasteiger partial charge < -0.3 is 0 Å². The van der Waals surface area contributed by atoms with E-state index in [1.54, 1.807) is 34.9 Å². The summed E-state index contributed by atoms with van der Waals surface area (Å²) in [6, 6.07) is 2.35. The van der Waals surface area contributed by atoms with E-state index in [2.05, 4.69) is 28.5 Å². The third kappa shape index (κ3) is 4.76. The number of hydrogen-bond donors (Lipinski definition) is 1. The molecule has 1 N–H and O–H groups in total. The standard InChI is InChI=1S/C11H18N4S3/c1-5-13-11(3,7-12)6-8(2)17-10-15-14-9(16-4)18-10/h8,13H,5-6H2,1-4H3. The molecule has 1 heterocycles. The van der Waals surface area contributed by atoms with Gasteiger partial charge in [-0.3, -0.25) is 5.32 Å². The first-order valence-corrected chi connectivity index (χ1v) is 8.65. The summed E-state index contributed by atoms with van der Waals surface area (Å²) < 4.78 is 1.96. The van der Waals surface area contributed by atoms with Gasteiger partial charge in [0, 0.05) is 5.25 Å². The molecule has 0 aliphatic heterocycles. The lowest BCUT2D eigenvalue weighted by Crippen LogP contribution is -2.42. The van der Waals surface area contributed by atoms with E-state index in [-0.39, 0.29) is 0 Å². The van der Waals surface area contributed by atoms with Crippen LogP contribution in [0.5, 0.6) is 0 Å². The highest BCUT2D eigenvalue weighted by Gasteiger charge is 2.26. The Labute approximate surface area is 121 Å². The SMILES string of the molecule is CCNC(C)(C#N)CC(C)Sc1nnc(SC)s1. The first kappa shape index (κ1) is 15.8. The smallest absolute Gasteiger partial charge is 0.175 e. The lowest BCUT2D eigenvalue weighted by Gasteiger charge is -2.25. The van der Waals surface area contributed by atoms with Gasteiger partial charge in [-0.2, -0.15) is 5.26 Å². The van der Waals surface area contributed by atoms with Crippen molar-refractivity contribution in [2.45, 2.75) is 46.7 Å². The maximum Gasteiger partial charge on any atom is 0.175 e. The second-order valence-corrected chi connectivity index (χ2v) is 7.86. The van der Waals surface area contributed by atoms with E-state index in [0.29, 0.717) is 5.25 Å². The monoisotopic (exact) mass is 302 g/mol. The molecule has 0 bridgehead atoms. The summed E-state index contributed by atoms with van der Waals surface area (Å²) in [6.45, 7) is 6.89. The van der Waals surface area contributed by atoms with Crippen LogP contribution in [0.1, 0.15) is 27.2 Å². The molecule has 0 aromatic carbocycles. The fourth-order valence-corrected chi connectivity index (χ4v) is 4.60. The van der Waals surface area contributed by atoms with Crippen LogP contribution in [-0.2, 0) is 0 Å². The molecule has 0 aliphatic carbocycles. The number of aromatic nitrogens is 2. The topological polar surface area (TPSA) is 61.6 Å². The van der Waals surface area contributed by atoms with Crippen molar-refractivity contribution in [3.8, 4) is 6.07 Å². The first-order chi connectivity index (χ1) is 8.53. The highest BCUT2D eigenvalue weighted by molar-refractivity contribution is 8.03. The summed E-state index contributed by atoms with van der Waals surface area (Å²) >= 11 is 4.91. The predicted molar refractivity (Wildman–Crippen MR) is 79.3 cm³/mol. The van der Waals surface area contributed by atoms with Gasteiger partial charge in [0.25, 0.3) is 0 Å². The molecule has 0 radical (unpaired) electrons. The van der Waals surface area contributed by atoms with E-state index in [0.717, 1.165) is 21.6 Å². The van der Waals surface area contributed by atoms with E-state index in [1.165, 1.54) is 0 Å². The van der Waals surface area contributed by atoms with Crippen LogP contribution in [0.3, 0.4) is 0 Å². The van der Waals surface area contributed by atoms with Gasteiger partial charge >= 0.3 is 0 Å². The summed E-state index contributed by atoms with van der Waals surface area (Å²) in [5.74, 6) is 0. The van der Waals surface area contributed by atoms with Gasteiger partial charge in [0.15, 0.2) is 8.68 Å². The molecule has 0 fully saturated rings. The van der Waals surface area contributed by atoms with Crippen molar-refractivity contribution in [3.05, 3.63) is 0 Å². The summed E-state index contributed by atoms with van der Waals surface area (Å²) in [4.78, 5) is 0. The van der Waals surface area contributed by atoms with Gasteiger partial charge in [-0.25, -0.2) is 0 Å². The summed E-state index contributed by atoms with van der Waals surface area (Å²) in [7, 11) is 0. The van der Waals surface area contributed by atoms with E-state index >= 15 is 0 Å². The summed E-state index contributed by atoms with van der Waals surface area (Å²) in [5, 5.41) is 21.0. The molecule has 1 aromatic heterocycles. The minimum Gasteiger partial charge on any atom is -0.300 e. The Morgan fingerprint density at radius 1 is 1.50 bits per heavy atom. The maximum atomic E-state index is 9.22. The van der Waals surface area contributed by atoms with Gasteiger partial charge in [0.1, 0.15) is 5.54 Å². The first-order valence-electron chi connectivity index (χ1n) is 5.73. The lowest BCUT2D eigenvalue weighted by atomic mass is 9.98. The van der Waals surface area contributed by atoms with E-state index in [1.807, 2.05) is 20.1 Å². The maximum absolute atomic E-state index is 9.22. The van der Waals surface area contributed by atoms with Crippen molar-refractivity contribution in [2.75, 3.05) is 12.8 Å². The number of hydrogen-bond acceptors (Lipinski definition) is 7. The number of thioether (sulfide) groups is 2. The summed E-state index contributed by atoms with van der Waals surface area (Å²) in [6.07, 6.45) is 2.78. The Bertz CT molecular complexity index is 415. The molecule has 0 amide bonds. The van der Waals surface area contributed by atoms with Crippen LogP contribution in [0.15, 0.2) is 8.68 Å². The molecule has 100 valence electrons. The Morgan fingerprint density at radius 2 is 2.17 bits per heavy atom. The molecular formula is C11H18N4S3. The zero-order valence-corrected chi connectivity index (χ0v) is 13.5. The lowest BCUT2D eigenvalue weighted by molar-refractivity contribution is 0.429. The fraction of sp³-hybridized carbons (Fsp3) is 0.727. The van der Waals surface area contributed by atoms with Crippen LogP contribution < -0.4 is 5.32 Å². The minimum absolute atomic E-state index is 0.330. The molecule has 0 aliphatic rings. The number of nitrogens with zero attached hydrogens (tertiary/aromatic N) is 3. The van der Waals surface area contributed by atoms with Gasteiger partial charge in [-0.05, 0) is 26.1 Å². The average Bonchev–Trinajstić information content (AvgIpc) is 2.76. The van der Waals surface area contributed by atoms with Gasteiger partial charge in [0.05, 0.1) is 6.07 Å². The molecule has 7 heteroatoms. The molecule has 1 rings (SSSR count). The van der Waals surface area contributed by atoms with Gasteiger partial charge in [-0.1, -0.05) is 48.7 Å². The Kier molecular flexibility index (Phi) is 6.43. The third-order valence-electron chi connectivity index (χ3n) is 2.37. The number of nitrogens with one attached hydrogen (secondary N) is 1. The zero-order valence-electron chi connectivity index (χ0n) is 11.1. The quantitative estimate of drug-likeness (QED) is 0.781. The Hall–Kier alpha value is -0.290. The van der Waals surface area contributed by atoms with Gasteiger partial charge in [-0.15, -0.1) is 10.2 Å². The Balaban J connectivity index is 2.55. The van der Waals surface area contributed by atoms with Crippen LogP contribution in [0.2, 0.25) is 0 Å². The molecule has 0 saturated carbocycles.